The molecule has 2 aromatic carbocycles. The molecule has 0 amide bonds. The molecule has 1 heterocycles. The lowest BCUT2D eigenvalue weighted by atomic mass is 9.87. The Morgan fingerprint density at radius 3 is 2.73 bits per heavy atom. The summed E-state index contributed by atoms with van der Waals surface area (Å²) < 4.78 is 5.46. The van der Waals surface area contributed by atoms with E-state index >= 15 is 0 Å². The third-order valence-electron chi connectivity index (χ3n) is 5.88. The lowest BCUT2D eigenvalue weighted by molar-refractivity contribution is -0.926. The van der Waals surface area contributed by atoms with Crippen molar-refractivity contribution in [1.29, 1.82) is 0 Å². The Labute approximate surface area is 154 Å². The van der Waals surface area contributed by atoms with Crippen molar-refractivity contribution in [2.75, 3.05) is 7.05 Å². The van der Waals surface area contributed by atoms with Crippen LogP contribution in [0.25, 0.3) is 11.0 Å². The first-order valence-electron chi connectivity index (χ1n) is 9.47. The van der Waals surface area contributed by atoms with Gasteiger partial charge >= 0.3 is 5.63 Å². The van der Waals surface area contributed by atoms with Crippen molar-refractivity contribution in [2.45, 2.75) is 45.7 Å². The number of quaternary nitrogens is 1. The molecular weight excluding hydrogens is 322 g/mol. The fraction of sp³-hybridized carbons (Fsp3) is 0.348. The molecule has 0 aliphatic heterocycles. The van der Waals surface area contributed by atoms with Gasteiger partial charge in [-0.05, 0) is 55.5 Å². The maximum Gasteiger partial charge on any atom is 0.336 e. The molecule has 26 heavy (non-hydrogen) atoms. The van der Waals surface area contributed by atoms with Gasteiger partial charge in [-0.15, -0.1) is 0 Å². The van der Waals surface area contributed by atoms with Crippen LogP contribution in [0, 0.1) is 13.8 Å². The van der Waals surface area contributed by atoms with Crippen molar-refractivity contribution in [3.05, 3.63) is 80.7 Å². The van der Waals surface area contributed by atoms with Crippen LogP contribution in [0.4, 0.5) is 0 Å². The van der Waals surface area contributed by atoms with Crippen molar-refractivity contribution in [2.24, 2.45) is 0 Å². The van der Waals surface area contributed by atoms with Crippen LogP contribution in [-0.4, -0.2) is 7.05 Å². The molecule has 3 heteroatoms. The zero-order chi connectivity index (χ0) is 18.3. The molecule has 1 aliphatic carbocycles. The van der Waals surface area contributed by atoms with Gasteiger partial charge in [0.05, 0.1) is 7.05 Å². The van der Waals surface area contributed by atoms with Crippen LogP contribution in [0.1, 0.15) is 46.7 Å². The zero-order valence-corrected chi connectivity index (χ0v) is 15.8. The number of hydrogen-bond acceptors (Lipinski definition) is 2. The third-order valence-corrected chi connectivity index (χ3v) is 5.88. The monoisotopic (exact) mass is 348 g/mol. The minimum Gasteiger partial charge on any atom is -0.423 e. The van der Waals surface area contributed by atoms with E-state index in [4.69, 9.17) is 4.42 Å². The van der Waals surface area contributed by atoms with Gasteiger partial charge in [-0.2, -0.15) is 0 Å². The predicted octanol–water partition coefficient (Wildman–Crippen LogP) is 3.50. The highest BCUT2D eigenvalue weighted by Crippen LogP contribution is 2.28. The predicted molar refractivity (Wildman–Crippen MR) is 105 cm³/mol. The van der Waals surface area contributed by atoms with Crippen molar-refractivity contribution >= 4 is 11.0 Å². The Balaban J connectivity index is 1.72. The number of fused-ring (bicyclic) bond motifs is 2. The molecule has 4 rings (SSSR count). The first kappa shape index (κ1) is 17.0. The van der Waals surface area contributed by atoms with Gasteiger partial charge in [-0.25, -0.2) is 4.79 Å². The number of benzene rings is 2. The third kappa shape index (κ3) is 3.08. The second-order valence-corrected chi connectivity index (χ2v) is 7.69. The Morgan fingerprint density at radius 1 is 1.12 bits per heavy atom. The molecule has 3 nitrogen and oxygen atoms in total. The van der Waals surface area contributed by atoms with E-state index < -0.39 is 0 Å². The van der Waals surface area contributed by atoms with Gasteiger partial charge in [0, 0.05) is 29.0 Å². The quantitative estimate of drug-likeness (QED) is 0.735. The fourth-order valence-corrected chi connectivity index (χ4v) is 4.32. The summed E-state index contributed by atoms with van der Waals surface area (Å²) in [5, 5.41) is 1.07. The van der Waals surface area contributed by atoms with E-state index in [1.54, 1.807) is 6.07 Å². The summed E-state index contributed by atoms with van der Waals surface area (Å²) >= 11 is 0. The maximum atomic E-state index is 12.1. The van der Waals surface area contributed by atoms with Crippen LogP contribution in [0.5, 0.6) is 0 Å². The van der Waals surface area contributed by atoms with Crippen molar-refractivity contribution < 1.29 is 9.32 Å². The van der Waals surface area contributed by atoms with Crippen LogP contribution in [0.2, 0.25) is 0 Å². The Morgan fingerprint density at radius 2 is 1.88 bits per heavy atom. The van der Waals surface area contributed by atoms with Crippen LogP contribution >= 0.6 is 0 Å². The SMILES string of the molecule is Cc1cc2oc(=O)cc(C[NH+](C)[C@@H]3CCCc4ccccc43)c2cc1C. The minimum atomic E-state index is -0.257. The van der Waals surface area contributed by atoms with Crippen LogP contribution in [0.15, 0.2) is 51.7 Å². The summed E-state index contributed by atoms with van der Waals surface area (Å²) in [7, 11) is 2.24. The highest BCUT2D eigenvalue weighted by atomic mass is 16.4. The first-order chi connectivity index (χ1) is 12.5. The molecule has 1 aromatic heterocycles. The highest BCUT2D eigenvalue weighted by Gasteiger charge is 2.27. The summed E-state index contributed by atoms with van der Waals surface area (Å²) in [4.78, 5) is 13.5. The molecular formula is C23H26NO2+. The Hall–Kier alpha value is -2.39. The molecule has 0 radical (unpaired) electrons. The topological polar surface area (TPSA) is 34.6 Å². The van der Waals surface area contributed by atoms with E-state index in [9.17, 15) is 4.79 Å². The van der Waals surface area contributed by atoms with Gasteiger partial charge in [-0.1, -0.05) is 24.3 Å². The number of hydrogen-bond donors (Lipinski definition) is 1. The number of nitrogens with one attached hydrogen (secondary N) is 1. The molecule has 0 fully saturated rings. The summed E-state index contributed by atoms with van der Waals surface area (Å²) in [6.07, 6.45) is 3.60. The summed E-state index contributed by atoms with van der Waals surface area (Å²) in [5.74, 6) is 0. The molecule has 1 N–H and O–H groups in total. The second-order valence-electron chi connectivity index (χ2n) is 7.69. The molecule has 0 saturated carbocycles. The van der Waals surface area contributed by atoms with Crippen molar-refractivity contribution in [3.8, 4) is 0 Å². The molecule has 0 bridgehead atoms. The van der Waals surface area contributed by atoms with Gasteiger partial charge in [0.1, 0.15) is 18.2 Å². The standard InChI is InChI=1S/C23H25NO2/c1-15-11-20-18(13-23(25)26-22(20)12-16(15)2)14-24(3)21-10-6-8-17-7-4-5-9-19(17)21/h4-5,7,9,11-13,21H,6,8,10,14H2,1-3H3/p+1/t21-/m1/s1. The van der Waals surface area contributed by atoms with Crippen LogP contribution < -0.4 is 10.5 Å². The zero-order valence-electron chi connectivity index (χ0n) is 15.8. The summed E-state index contributed by atoms with van der Waals surface area (Å²) in [5.41, 5.74) is 6.86. The molecule has 2 atom stereocenters. The van der Waals surface area contributed by atoms with E-state index in [0.717, 1.165) is 23.1 Å². The molecule has 134 valence electrons. The van der Waals surface area contributed by atoms with Gasteiger partial charge in [0.2, 0.25) is 0 Å². The summed E-state index contributed by atoms with van der Waals surface area (Å²) in [6.45, 7) is 4.99. The van der Waals surface area contributed by atoms with E-state index in [1.807, 2.05) is 6.07 Å². The molecule has 1 unspecified atom stereocenters. The molecule has 0 saturated heterocycles. The average molecular weight is 348 g/mol. The average Bonchev–Trinajstić information content (AvgIpc) is 2.62. The van der Waals surface area contributed by atoms with Crippen LogP contribution in [-0.2, 0) is 13.0 Å². The van der Waals surface area contributed by atoms with Gasteiger partial charge in [0.15, 0.2) is 0 Å². The Bertz CT molecular complexity index is 1020. The Kier molecular flexibility index (Phi) is 4.41. The lowest BCUT2D eigenvalue weighted by Gasteiger charge is -2.30. The molecule has 3 aromatic rings. The van der Waals surface area contributed by atoms with Gasteiger partial charge in [0.25, 0.3) is 0 Å². The first-order valence-corrected chi connectivity index (χ1v) is 9.47. The van der Waals surface area contributed by atoms with E-state index in [-0.39, 0.29) is 5.63 Å². The number of aryl methyl sites for hydroxylation is 3. The largest absolute Gasteiger partial charge is 0.423 e. The van der Waals surface area contributed by atoms with Gasteiger partial charge < -0.3 is 9.32 Å². The van der Waals surface area contributed by atoms with E-state index in [1.165, 1.54) is 40.9 Å². The maximum absolute atomic E-state index is 12.1. The summed E-state index contributed by atoms with van der Waals surface area (Å²) in [6, 6.07) is 15.1. The second kappa shape index (κ2) is 6.73. The molecule has 0 spiro atoms. The van der Waals surface area contributed by atoms with Crippen LogP contribution in [0.3, 0.4) is 0 Å². The van der Waals surface area contributed by atoms with Crippen molar-refractivity contribution in [3.63, 3.8) is 0 Å². The lowest BCUT2D eigenvalue weighted by Crippen LogP contribution is -3.08. The van der Waals surface area contributed by atoms with E-state index in [0.29, 0.717) is 11.6 Å². The van der Waals surface area contributed by atoms with E-state index in [2.05, 4.69) is 51.2 Å². The smallest absolute Gasteiger partial charge is 0.336 e. The highest BCUT2D eigenvalue weighted by molar-refractivity contribution is 5.81. The fourth-order valence-electron chi connectivity index (χ4n) is 4.32. The minimum absolute atomic E-state index is 0.257. The van der Waals surface area contributed by atoms with Crippen molar-refractivity contribution in [1.82, 2.24) is 0 Å². The molecule has 1 aliphatic rings. The normalized spacial score (nSPS) is 17.9. The van der Waals surface area contributed by atoms with Gasteiger partial charge in [-0.3, -0.25) is 0 Å². The number of rotatable bonds is 3.